The molecule has 2 aliphatic rings. The third kappa shape index (κ3) is 5.15. The summed E-state index contributed by atoms with van der Waals surface area (Å²) in [6.45, 7) is 2.19. The van der Waals surface area contributed by atoms with Crippen molar-refractivity contribution in [2.24, 2.45) is 5.92 Å². The monoisotopic (exact) mass is 403 g/mol. The first-order valence-corrected chi connectivity index (χ1v) is 10.1. The van der Waals surface area contributed by atoms with E-state index in [0.717, 1.165) is 44.5 Å². The van der Waals surface area contributed by atoms with E-state index in [1.54, 1.807) is 18.2 Å². The molecule has 0 amide bonds. The van der Waals surface area contributed by atoms with Gasteiger partial charge < -0.3 is 4.52 Å². The number of nitrogens with zero attached hydrogens (tertiary/aromatic N) is 3. The van der Waals surface area contributed by atoms with Crippen LogP contribution < -0.4 is 0 Å². The van der Waals surface area contributed by atoms with Crippen LogP contribution in [0.1, 0.15) is 48.5 Å². The second kappa shape index (κ2) is 8.53. The molecule has 154 valence electrons. The molecule has 2 aromatic rings. The topological polar surface area (TPSA) is 42.2 Å². The van der Waals surface area contributed by atoms with Gasteiger partial charge in [-0.15, -0.1) is 0 Å². The molecular weight excluding hydrogens is 379 g/mol. The summed E-state index contributed by atoms with van der Waals surface area (Å²) in [7, 11) is 0. The van der Waals surface area contributed by atoms with Crippen molar-refractivity contribution in [3.8, 4) is 0 Å². The third-order valence-electron chi connectivity index (χ3n) is 5.69. The molecule has 1 saturated heterocycles. The summed E-state index contributed by atoms with van der Waals surface area (Å²) in [6, 6.07) is 5.75. The van der Waals surface area contributed by atoms with Crippen LogP contribution in [-0.4, -0.2) is 34.2 Å². The molecule has 1 aliphatic heterocycles. The lowest BCUT2D eigenvalue weighted by molar-refractivity contribution is -0.137. The van der Waals surface area contributed by atoms with Crippen molar-refractivity contribution < 1.29 is 17.7 Å². The van der Waals surface area contributed by atoms with Gasteiger partial charge >= 0.3 is 6.18 Å². The van der Waals surface area contributed by atoms with Gasteiger partial charge in [0.25, 0.3) is 5.89 Å². The van der Waals surface area contributed by atoms with Crippen molar-refractivity contribution >= 4 is 12.2 Å². The van der Waals surface area contributed by atoms with Crippen LogP contribution in [0.4, 0.5) is 13.2 Å². The Labute approximate surface area is 168 Å². The summed E-state index contributed by atoms with van der Waals surface area (Å²) in [5, 5.41) is 4.03. The van der Waals surface area contributed by atoms with Crippen LogP contribution in [0.5, 0.6) is 0 Å². The molecule has 1 atom stereocenters. The van der Waals surface area contributed by atoms with E-state index in [9.17, 15) is 13.2 Å². The average molecular weight is 403 g/mol. The highest BCUT2D eigenvalue weighted by molar-refractivity contribution is 5.66. The van der Waals surface area contributed by atoms with Crippen molar-refractivity contribution in [2.75, 3.05) is 13.1 Å². The van der Waals surface area contributed by atoms with Gasteiger partial charge in [-0.2, -0.15) is 18.2 Å². The van der Waals surface area contributed by atoms with Crippen LogP contribution in [0.3, 0.4) is 0 Å². The lowest BCUT2D eigenvalue weighted by atomic mass is 9.92. The number of hydrogen-bond acceptors (Lipinski definition) is 4. The molecule has 0 saturated carbocycles. The second-order valence-corrected chi connectivity index (χ2v) is 7.76. The molecule has 4 rings (SSSR count). The highest BCUT2D eigenvalue weighted by atomic mass is 19.4. The van der Waals surface area contributed by atoms with Crippen molar-refractivity contribution in [1.29, 1.82) is 0 Å². The number of likely N-dealkylation sites (tertiary alicyclic amines) is 1. The zero-order chi connectivity index (χ0) is 20.3. The molecular formula is C22H24F3N3O. The van der Waals surface area contributed by atoms with E-state index in [4.69, 9.17) is 4.52 Å². The highest BCUT2D eigenvalue weighted by Crippen LogP contribution is 2.30. The van der Waals surface area contributed by atoms with E-state index < -0.39 is 11.7 Å². The molecule has 7 heteroatoms. The fourth-order valence-electron chi connectivity index (χ4n) is 4.07. The Hall–Kier alpha value is -2.41. The minimum absolute atomic E-state index is 0.311. The summed E-state index contributed by atoms with van der Waals surface area (Å²) in [5.41, 5.74) is -0.238. The maximum absolute atomic E-state index is 12.8. The lowest BCUT2D eigenvalue weighted by Gasteiger charge is -2.35. The molecule has 1 aromatic heterocycles. The standard InChI is InChI=1S/C22H24F3N3O/c23-22(24,25)18-5-3-4-16(14-18)8-9-21-26-20(27-29-21)15-17-10-12-28(13-11-17)19-6-1-2-7-19/h1,3-6,8-9,14,17,19H,2,7,10-13,15H2/b9-8+. The predicted molar refractivity (Wildman–Crippen MR) is 105 cm³/mol. The molecule has 0 bridgehead atoms. The number of allylic oxidation sites excluding steroid dienone is 1. The Balaban J connectivity index is 1.31. The number of aromatic nitrogens is 2. The molecule has 4 nitrogen and oxygen atoms in total. The normalized spacial score (nSPS) is 21.4. The van der Waals surface area contributed by atoms with Gasteiger partial charge in [-0.1, -0.05) is 29.4 Å². The van der Waals surface area contributed by atoms with Crippen molar-refractivity contribution in [3.05, 3.63) is 59.3 Å². The molecule has 1 fully saturated rings. The zero-order valence-corrected chi connectivity index (χ0v) is 16.1. The summed E-state index contributed by atoms with van der Waals surface area (Å²) in [4.78, 5) is 6.93. The number of alkyl halides is 3. The van der Waals surface area contributed by atoms with Gasteiger partial charge in [-0.25, -0.2) is 0 Å². The summed E-state index contributed by atoms with van der Waals surface area (Å²) >= 11 is 0. The van der Waals surface area contributed by atoms with Crippen LogP contribution >= 0.6 is 0 Å². The van der Waals surface area contributed by atoms with Gasteiger partial charge in [0.15, 0.2) is 5.82 Å². The Kier molecular flexibility index (Phi) is 5.85. The SMILES string of the molecule is FC(F)(F)c1cccc(/C=C/c2nc(CC3CCN(C4C=CCC4)CC3)no2)c1. The number of hydrogen-bond donors (Lipinski definition) is 0. The third-order valence-corrected chi connectivity index (χ3v) is 5.69. The molecule has 1 aliphatic carbocycles. The number of benzene rings is 1. The van der Waals surface area contributed by atoms with E-state index in [0.29, 0.717) is 29.2 Å². The van der Waals surface area contributed by atoms with Crippen LogP contribution in [0.2, 0.25) is 0 Å². The molecule has 1 unspecified atom stereocenters. The summed E-state index contributed by atoms with van der Waals surface area (Å²) in [6.07, 6.45) is 8.78. The molecule has 1 aromatic carbocycles. The van der Waals surface area contributed by atoms with E-state index >= 15 is 0 Å². The first kappa shape index (κ1) is 19.9. The quantitative estimate of drug-likeness (QED) is 0.641. The minimum atomic E-state index is -4.36. The summed E-state index contributed by atoms with van der Waals surface area (Å²) in [5.74, 6) is 1.51. The molecule has 29 heavy (non-hydrogen) atoms. The predicted octanol–water partition coefficient (Wildman–Crippen LogP) is 5.23. The minimum Gasteiger partial charge on any atom is -0.335 e. The Bertz CT molecular complexity index is 879. The molecule has 0 N–H and O–H groups in total. The zero-order valence-electron chi connectivity index (χ0n) is 16.1. The van der Waals surface area contributed by atoms with Crippen LogP contribution in [-0.2, 0) is 12.6 Å². The first-order chi connectivity index (χ1) is 14.0. The van der Waals surface area contributed by atoms with E-state index in [2.05, 4.69) is 27.2 Å². The highest BCUT2D eigenvalue weighted by Gasteiger charge is 2.30. The maximum Gasteiger partial charge on any atom is 0.416 e. The summed E-state index contributed by atoms with van der Waals surface area (Å²) < 4.78 is 43.6. The largest absolute Gasteiger partial charge is 0.416 e. The van der Waals surface area contributed by atoms with Gasteiger partial charge in [0.05, 0.1) is 5.56 Å². The lowest BCUT2D eigenvalue weighted by Crippen LogP contribution is -2.40. The van der Waals surface area contributed by atoms with Crippen molar-refractivity contribution in [2.45, 2.75) is 44.3 Å². The van der Waals surface area contributed by atoms with Crippen LogP contribution in [0, 0.1) is 5.92 Å². The van der Waals surface area contributed by atoms with Gasteiger partial charge in [-0.05, 0) is 68.5 Å². The van der Waals surface area contributed by atoms with E-state index in [1.165, 1.54) is 18.9 Å². The van der Waals surface area contributed by atoms with Gasteiger partial charge in [0.1, 0.15) is 0 Å². The molecule has 0 radical (unpaired) electrons. The fourth-order valence-corrected chi connectivity index (χ4v) is 4.07. The number of piperidine rings is 1. The smallest absolute Gasteiger partial charge is 0.335 e. The Morgan fingerprint density at radius 3 is 2.69 bits per heavy atom. The van der Waals surface area contributed by atoms with Gasteiger partial charge in [0.2, 0.25) is 0 Å². The first-order valence-electron chi connectivity index (χ1n) is 10.1. The Morgan fingerprint density at radius 1 is 1.14 bits per heavy atom. The van der Waals surface area contributed by atoms with E-state index in [-0.39, 0.29) is 0 Å². The Morgan fingerprint density at radius 2 is 1.97 bits per heavy atom. The molecule has 0 spiro atoms. The van der Waals surface area contributed by atoms with Crippen molar-refractivity contribution in [3.63, 3.8) is 0 Å². The second-order valence-electron chi connectivity index (χ2n) is 7.76. The van der Waals surface area contributed by atoms with Crippen molar-refractivity contribution in [1.82, 2.24) is 15.0 Å². The van der Waals surface area contributed by atoms with E-state index in [1.807, 2.05) is 0 Å². The van der Waals surface area contributed by atoms with Crippen LogP contribution in [0.25, 0.3) is 12.2 Å². The number of halogens is 3. The molecule has 2 heterocycles. The maximum atomic E-state index is 12.8. The number of rotatable bonds is 5. The average Bonchev–Trinajstić information content (AvgIpc) is 3.39. The van der Waals surface area contributed by atoms with Crippen LogP contribution in [0.15, 0.2) is 40.9 Å². The fraction of sp³-hybridized carbons (Fsp3) is 0.455. The van der Waals surface area contributed by atoms with Gasteiger partial charge in [-0.3, -0.25) is 4.90 Å². The van der Waals surface area contributed by atoms with Gasteiger partial charge in [0, 0.05) is 18.5 Å².